The van der Waals surface area contributed by atoms with E-state index in [1.54, 1.807) is 4.68 Å². The van der Waals surface area contributed by atoms with Crippen molar-refractivity contribution < 1.29 is 19.4 Å². The number of methoxy groups -OCH3 is 1. The largest absolute Gasteiger partial charge is 0.480 e. The van der Waals surface area contributed by atoms with E-state index in [0.717, 1.165) is 36.2 Å². The Kier molecular flexibility index (Phi) is 5.14. The lowest BCUT2D eigenvalue weighted by atomic mass is 10.1. The molecule has 1 amide bonds. The van der Waals surface area contributed by atoms with Gasteiger partial charge in [-0.05, 0) is 31.4 Å². The average Bonchev–Trinajstić information content (AvgIpc) is 3.21. The molecule has 0 bridgehead atoms. The first-order valence-electron chi connectivity index (χ1n) is 8.30. The standard InChI is InChI=1S/C18H21N3O4/c1-25-11-10-14(18(23)24)19-17(22)16-13-8-5-9-15(13)21(20-16)12-6-3-2-4-7-12/h2-4,6-7,14H,5,8-11H2,1H3,(H,19,22)(H,23,24). The number of carboxylic acid groups (broad SMARTS) is 1. The first-order chi connectivity index (χ1) is 12.1. The number of aliphatic carboxylic acids is 1. The summed E-state index contributed by atoms with van der Waals surface area (Å²) in [6, 6.07) is 8.64. The molecule has 0 saturated carbocycles. The molecule has 2 aromatic rings. The van der Waals surface area contributed by atoms with E-state index in [9.17, 15) is 14.7 Å². The second kappa shape index (κ2) is 7.48. The zero-order valence-corrected chi connectivity index (χ0v) is 14.1. The van der Waals surface area contributed by atoms with E-state index in [0.29, 0.717) is 5.69 Å². The third-order valence-electron chi connectivity index (χ3n) is 4.36. The maximum atomic E-state index is 12.6. The predicted molar refractivity (Wildman–Crippen MR) is 91.0 cm³/mol. The number of para-hydroxylation sites is 1. The van der Waals surface area contributed by atoms with Gasteiger partial charge in [-0.1, -0.05) is 18.2 Å². The van der Waals surface area contributed by atoms with Crippen LogP contribution in [0.15, 0.2) is 30.3 Å². The topological polar surface area (TPSA) is 93.5 Å². The van der Waals surface area contributed by atoms with Crippen LogP contribution in [0, 0.1) is 0 Å². The van der Waals surface area contributed by atoms with E-state index < -0.39 is 17.9 Å². The van der Waals surface area contributed by atoms with Gasteiger partial charge in [-0.15, -0.1) is 0 Å². The first kappa shape index (κ1) is 17.2. The summed E-state index contributed by atoms with van der Waals surface area (Å²) in [5, 5.41) is 16.3. The van der Waals surface area contributed by atoms with Crippen LogP contribution in [-0.2, 0) is 22.4 Å². The summed E-state index contributed by atoms with van der Waals surface area (Å²) in [7, 11) is 1.50. The molecule has 0 radical (unpaired) electrons. The lowest BCUT2D eigenvalue weighted by Crippen LogP contribution is -2.42. The number of hydrogen-bond acceptors (Lipinski definition) is 4. The number of carbonyl (C=O) groups is 2. The molecule has 0 saturated heterocycles. The third kappa shape index (κ3) is 3.56. The van der Waals surface area contributed by atoms with E-state index in [2.05, 4.69) is 10.4 Å². The van der Waals surface area contributed by atoms with E-state index >= 15 is 0 Å². The summed E-state index contributed by atoms with van der Waals surface area (Å²) in [4.78, 5) is 24.0. The van der Waals surface area contributed by atoms with Gasteiger partial charge < -0.3 is 15.2 Å². The molecule has 1 heterocycles. The van der Waals surface area contributed by atoms with Gasteiger partial charge in [0.2, 0.25) is 0 Å². The molecule has 2 N–H and O–H groups in total. The van der Waals surface area contributed by atoms with Crippen LogP contribution in [-0.4, -0.2) is 46.5 Å². The average molecular weight is 343 g/mol. The van der Waals surface area contributed by atoms with Gasteiger partial charge in [0.05, 0.1) is 5.69 Å². The highest BCUT2D eigenvalue weighted by Gasteiger charge is 2.29. The Hall–Kier alpha value is -2.67. The highest BCUT2D eigenvalue weighted by Crippen LogP contribution is 2.27. The molecule has 1 unspecified atom stereocenters. The minimum atomic E-state index is -1.08. The van der Waals surface area contributed by atoms with Crippen molar-refractivity contribution in [2.45, 2.75) is 31.7 Å². The molecule has 7 heteroatoms. The highest BCUT2D eigenvalue weighted by atomic mass is 16.5. The quantitative estimate of drug-likeness (QED) is 0.796. The van der Waals surface area contributed by atoms with E-state index in [-0.39, 0.29) is 13.0 Å². The summed E-state index contributed by atoms with van der Waals surface area (Å²) in [6.07, 6.45) is 2.81. The van der Waals surface area contributed by atoms with Crippen molar-refractivity contribution in [2.75, 3.05) is 13.7 Å². The predicted octanol–water partition coefficient (Wildman–Crippen LogP) is 1.58. The minimum absolute atomic E-state index is 0.207. The fraction of sp³-hybridized carbons (Fsp3) is 0.389. The number of ether oxygens (including phenoxy) is 1. The van der Waals surface area contributed by atoms with E-state index in [4.69, 9.17) is 4.74 Å². The van der Waals surface area contributed by atoms with Gasteiger partial charge >= 0.3 is 5.97 Å². The number of rotatable bonds is 7. The van der Waals surface area contributed by atoms with Gasteiger partial charge in [0, 0.05) is 31.4 Å². The summed E-state index contributed by atoms with van der Waals surface area (Å²) < 4.78 is 6.71. The number of amides is 1. The number of aromatic nitrogens is 2. The lowest BCUT2D eigenvalue weighted by Gasteiger charge is -2.13. The Morgan fingerprint density at radius 3 is 2.76 bits per heavy atom. The number of hydrogen-bond donors (Lipinski definition) is 2. The van der Waals surface area contributed by atoms with Crippen LogP contribution < -0.4 is 5.32 Å². The van der Waals surface area contributed by atoms with Crippen molar-refractivity contribution in [2.24, 2.45) is 0 Å². The van der Waals surface area contributed by atoms with Crippen LogP contribution in [0.5, 0.6) is 0 Å². The molecule has 7 nitrogen and oxygen atoms in total. The van der Waals surface area contributed by atoms with Gasteiger partial charge in [-0.3, -0.25) is 4.79 Å². The summed E-state index contributed by atoms with van der Waals surface area (Å²) in [6.45, 7) is 0.258. The monoisotopic (exact) mass is 343 g/mol. The number of fused-ring (bicyclic) bond motifs is 1. The van der Waals surface area contributed by atoms with E-state index in [1.165, 1.54) is 7.11 Å². The van der Waals surface area contributed by atoms with Crippen molar-refractivity contribution in [3.8, 4) is 5.69 Å². The SMILES string of the molecule is COCCC(NC(=O)c1nn(-c2ccccc2)c2c1CCC2)C(=O)O. The van der Waals surface area contributed by atoms with Crippen LogP contribution in [0.2, 0.25) is 0 Å². The molecule has 0 aliphatic heterocycles. The lowest BCUT2D eigenvalue weighted by molar-refractivity contribution is -0.139. The fourth-order valence-electron chi connectivity index (χ4n) is 3.12. The highest BCUT2D eigenvalue weighted by molar-refractivity contribution is 5.96. The Morgan fingerprint density at radius 1 is 1.32 bits per heavy atom. The number of nitrogens with one attached hydrogen (secondary N) is 1. The number of carboxylic acids is 1. The van der Waals surface area contributed by atoms with Crippen molar-refractivity contribution in [3.63, 3.8) is 0 Å². The van der Waals surface area contributed by atoms with Gasteiger partial charge in [0.1, 0.15) is 6.04 Å². The zero-order valence-electron chi connectivity index (χ0n) is 14.1. The molecule has 0 fully saturated rings. The molecule has 25 heavy (non-hydrogen) atoms. The van der Waals surface area contributed by atoms with Crippen molar-refractivity contribution >= 4 is 11.9 Å². The normalized spacial score (nSPS) is 14.1. The van der Waals surface area contributed by atoms with Gasteiger partial charge in [-0.25, -0.2) is 9.48 Å². The Labute approximate surface area is 145 Å². The fourth-order valence-corrected chi connectivity index (χ4v) is 3.12. The molecule has 1 aromatic carbocycles. The molecule has 132 valence electrons. The van der Waals surface area contributed by atoms with Gasteiger partial charge in [-0.2, -0.15) is 5.10 Å². The van der Waals surface area contributed by atoms with Crippen LogP contribution in [0.4, 0.5) is 0 Å². The summed E-state index contributed by atoms with van der Waals surface area (Å²) in [5.74, 6) is -1.53. The summed E-state index contributed by atoms with van der Waals surface area (Å²) >= 11 is 0. The molecule has 1 aliphatic carbocycles. The molecular weight excluding hydrogens is 322 g/mol. The van der Waals surface area contributed by atoms with E-state index in [1.807, 2.05) is 30.3 Å². The summed E-state index contributed by atoms with van der Waals surface area (Å²) in [5.41, 5.74) is 3.16. The third-order valence-corrected chi connectivity index (χ3v) is 4.36. The smallest absolute Gasteiger partial charge is 0.326 e. The molecule has 0 spiro atoms. The number of benzene rings is 1. The van der Waals surface area contributed by atoms with Crippen molar-refractivity contribution in [1.29, 1.82) is 0 Å². The minimum Gasteiger partial charge on any atom is -0.480 e. The van der Waals surface area contributed by atoms with Crippen LogP contribution in [0.3, 0.4) is 0 Å². The number of nitrogens with zero attached hydrogens (tertiary/aromatic N) is 2. The van der Waals surface area contributed by atoms with Gasteiger partial charge in [0.25, 0.3) is 5.91 Å². The van der Waals surface area contributed by atoms with Gasteiger partial charge in [0.15, 0.2) is 5.69 Å². The first-order valence-corrected chi connectivity index (χ1v) is 8.30. The molecule has 1 atom stereocenters. The van der Waals surface area contributed by atoms with Crippen LogP contribution >= 0.6 is 0 Å². The maximum absolute atomic E-state index is 12.6. The van der Waals surface area contributed by atoms with Crippen LogP contribution in [0.25, 0.3) is 5.69 Å². The maximum Gasteiger partial charge on any atom is 0.326 e. The molecule has 3 rings (SSSR count). The zero-order chi connectivity index (χ0) is 17.8. The Morgan fingerprint density at radius 2 is 2.08 bits per heavy atom. The Balaban J connectivity index is 1.87. The van der Waals surface area contributed by atoms with Crippen LogP contribution in [0.1, 0.15) is 34.6 Å². The molecular formula is C18H21N3O4. The molecule has 1 aliphatic rings. The number of carbonyl (C=O) groups excluding carboxylic acids is 1. The molecule has 1 aromatic heterocycles. The second-order valence-electron chi connectivity index (χ2n) is 6.02. The van der Waals surface area contributed by atoms with Crippen molar-refractivity contribution in [1.82, 2.24) is 15.1 Å². The Bertz CT molecular complexity index is 770. The van der Waals surface area contributed by atoms with Crippen molar-refractivity contribution in [3.05, 3.63) is 47.3 Å². The second-order valence-corrected chi connectivity index (χ2v) is 6.02.